The molecule has 0 bridgehead atoms. The minimum atomic E-state index is -4.01. The van der Waals surface area contributed by atoms with Crippen LogP contribution in [0.25, 0.3) is 0 Å². The smallest absolute Gasteiger partial charge is 0.264 e. The van der Waals surface area contributed by atoms with Crippen molar-refractivity contribution >= 4 is 33.5 Å². The summed E-state index contributed by atoms with van der Waals surface area (Å²) in [5.74, 6) is 0.00464. The predicted octanol–water partition coefficient (Wildman–Crippen LogP) is 4.20. The Labute approximate surface area is 213 Å². The maximum absolute atomic E-state index is 13.4. The van der Waals surface area contributed by atoms with Crippen molar-refractivity contribution in [1.82, 2.24) is 5.43 Å². The first-order chi connectivity index (χ1) is 17.3. The molecule has 0 aromatic heterocycles. The Morgan fingerprint density at radius 1 is 0.917 bits per heavy atom. The van der Waals surface area contributed by atoms with Crippen LogP contribution in [0.15, 0.2) is 82.8 Å². The number of hydrogen-bond donors (Lipinski definition) is 1. The van der Waals surface area contributed by atoms with Crippen LogP contribution in [0.5, 0.6) is 5.75 Å². The van der Waals surface area contributed by atoms with Gasteiger partial charge in [0.05, 0.1) is 23.9 Å². The Morgan fingerprint density at radius 3 is 2.06 bits per heavy atom. The molecule has 0 unspecified atom stereocenters. The number of benzene rings is 3. The van der Waals surface area contributed by atoms with Crippen molar-refractivity contribution in [1.29, 1.82) is 0 Å². The van der Waals surface area contributed by atoms with Crippen molar-refractivity contribution < 1.29 is 17.9 Å². The number of ether oxygens (including phenoxy) is 1. The van der Waals surface area contributed by atoms with Crippen LogP contribution in [-0.4, -0.2) is 47.3 Å². The SMILES string of the molecule is CCN(CC)c1ccc(/C=N/NC(=O)CN(c2ccc(OC)cc2)S(=O)(=O)c2ccc(C)cc2)cc1. The molecule has 190 valence electrons. The van der Waals surface area contributed by atoms with Gasteiger partial charge in [-0.15, -0.1) is 0 Å². The summed E-state index contributed by atoms with van der Waals surface area (Å²) in [5, 5.41) is 4.02. The summed E-state index contributed by atoms with van der Waals surface area (Å²) in [7, 11) is -2.48. The molecule has 0 aliphatic rings. The second-order valence-corrected chi connectivity index (χ2v) is 9.94. The molecule has 0 aliphatic carbocycles. The summed E-state index contributed by atoms with van der Waals surface area (Å²) in [4.78, 5) is 15.0. The lowest BCUT2D eigenvalue weighted by Crippen LogP contribution is -2.39. The summed E-state index contributed by atoms with van der Waals surface area (Å²) >= 11 is 0. The van der Waals surface area contributed by atoms with Crippen LogP contribution in [0.3, 0.4) is 0 Å². The molecular weight excluding hydrogens is 476 g/mol. The van der Waals surface area contributed by atoms with E-state index in [1.807, 2.05) is 31.2 Å². The highest BCUT2D eigenvalue weighted by molar-refractivity contribution is 7.92. The maximum Gasteiger partial charge on any atom is 0.264 e. The van der Waals surface area contributed by atoms with E-state index in [4.69, 9.17) is 4.74 Å². The zero-order valence-corrected chi connectivity index (χ0v) is 21.8. The van der Waals surface area contributed by atoms with Gasteiger partial charge in [0, 0.05) is 18.8 Å². The molecule has 36 heavy (non-hydrogen) atoms. The van der Waals surface area contributed by atoms with Crippen molar-refractivity contribution in [3.8, 4) is 5.75 Å². The van der Waals surface area contributed by atoms with Gasteiger partial charge >= 0.3 is 0 Å². The van der Waals surface area contributed by atoms with E-state index in [0.717, 1.165) is 34.2 Å². The fourth-order valence-corrected chi connectivity index (χ4v) is 5.03. The van der Waals surface area contributed by atoms with E-state index in [9.17, 15) is 13.2 Å². The van der Waals surface area contributed by atoms with Crippen molar-refractivity contribution in [2.75, 3.05) is 35.9 Å². The number of carbonyl (C=O) groups excluding carboxylic acids is 1. The number of amides is 1. The fourth-order valence-electron chi connectivity index (χ4n) is 3.61. The molecule has 0 atom stereocenters. The van der Waals surface area contributed by atoms with Gasteiger partial charge in [0.2, 0.25) is 0 Å². The van der Waals surface area contributed by atoms with Gasteiger partial charge in [-0.1, -0.05) is 29.8 Å². The Morgan fingerprint density at radius 2 is 1.50 bits per heavy atom. The van der Waals surface area contributed by atoms with Crippen molar-refractivity contribution in [3.63, 3.8) is 0 Å². The first-order valence-electron chi connectivity index (χ1n) is 11.7. The van der Waals surface area contributed by atoms with E-state index in [0.29, 0.717) is 11.4 Å². The maximum atomic E-state index is 13.4. The lowest BCUT2D eigenvalue weighted by molar-refractivity contribution is -0.119. The second kappa shape index (κ2) is 12.2. The van der Waals surface area contributed by atoms with Gasteiger partial charge in [0.15, 0.2) is 0 Å². The van der Waals surface area contributed by atoms with E-state index < -0.39 is 22.5 Å². The third kappa shape index (κ3) is 6.63. The molecule has 0 heterocycles. The summed E-state index contributed by atoms with van der Waals surface area (Å²) in [6.07, 6.45) is 1.52. The van der Waals surface area contributed by atoms with Crippen molar-refractivity contribution in [3.05, 3.63) is 83.9 Å². The summed E-state index contributed by atoms with van der Waals surface area (Å²) in [5.41, 5.74) is 5.62. The van der Waals surface area contributed by atoms with Gasteiger partial charge in [0.1, 0.15) is 12.3 Å². The van der Waals surface area contributed by atoms with E-state index in [1.54, 1.807) is 36.4 Å². The number of anilines is 2. The molecule has 0 radical (unpaired) electrons. The number of aryl methyl sites for hydroxylation is 1. The minimum absolute atomic E-state index is 0.0912. The summed E-state index contributed by atoms with van der Waals surface area (Å²) in [6.45, 7) is 7.46. The van der Waals surface area contributed by atoms with Crippen LogP contribution in [0.4, 0.5) is 11.4 Å². The Balaban J connectivity index is 1.77. The fraction of sp³-hybridized carbons (Fsp3) is 0.259. The number of sulfonamides is 1. The van der Waals surface area contributed by atoms with Crippen LogP contribution >= 0.6 is 0 Å². The second-order valence-electron chi connectivity index (χ2n) is 8.08. The average Bonchev–Trinajstić information content (AvgIpc) is 2.89. The van der Waals surface area contributed by atoms with Crippen LogP contribution in [0, 0.1) is 6.92 Å². The Bertz CT molecular complexity index is 1270. The lowest BCUT2D eigenvalue weighted by atomic mass is 10.2. The Hall–Kier alpha value is -3.85. The van der Waals surface area contributed by atoms with Gasteiger partial charge < -0.3 is 9.64 Å². The predicted molar refractivity (Wildman–Crippen MR) is 144 cm³/mol. The first kappa shape index (κ1) is 26.7. The molecule has 0 saturated carbocycles. The number of hydrogen-bond acceptors (Lipinski definition) is 6. The molecule has 0 fully saturated rings. The summed E-state index contributed by atoms with van der Waals surface area (Å²) < 4.78 is 33.1. The molecule has 3 aromatic rings. The van der Waals surface area contributed by atoms with Crippen LogP contribution in [0.2, 0.25) is 0 Å². The van der Waals surface area contributed by atoms with Crippen molar-refractivity contribution in [2.45, 2.75) is 25.7 Å². The van der Waals surface area contributed by atoms with Crippen LogP contribution in [-0.2, 0) is 14.8 Å². The zero-order valence-electron chi connectivity index (χ0n) is 21.0. The standard InChI is InChI=1S/C27H32N4O4S/c1-5-30(6-2)23-11-9-22(10-12-23)19-28-29-27(32)20-31(24-13-15-25(35-4)16-14-24)36(33,34)26-17-7-21(3)8-18-26/h7-19H,5-6,20H2,1-4H3,(H,29,32)/b28-19+. The molecule has 3 aromatic carbocycles. The Kier molecular flexibility index (Phi) is 9.08. The number of nitrogens with one attached hydrogen (secondary N) is 1. The third-order valence-electron chi connectivity index (χ3n) is 5.68. The quantitative estimate of drug-likeness (QED) is 0.310. The van der Waals surface area contributed by atoms with Crippen LogP contribution in [0.1, 0.15) is 25.0 Å². The monoisotopic (exact) mass is 508 g/mol. The molecule has 0 spiro atoms. The summed E-state index contributed by atoms with van der Waals surface area (Å²) in [6, 6.07) is 20.8. The molecular formula is C27H32N4O4S. The molecule has 1 amide bonds. The molecule has 8 nitrogen and oxygen atoms in total. The van der Waals surface area contributed by atoms with Crippen LogP contribution < -0.4 is 19.4 Å². The highest BCUT2D eigenvalue weighted by Gasteiger charge is 2.27. The number of nitrogens with zero attached hydrogens (tertiary/aromatic N) is 3. The van der Waals surface area contributed by atoms with Gasteiger partial charge in [-0.25, -0.2) is 13.8 Å². The average molecular weight is 509 g/mol. The van der Waals surface area contributed by atoms with Crippen molar-refractivity contribution in [2.24, 2.45) is 5.10 Å². The number of rotatable bonds is 11. The van der Waals surface area contributed by atoms with Gasteiger partial charge in [-0.05, 0) is 74.9 Å². The molecule has 9 heteroatoms. The lowest BCUT2D eigenvalue weighted by Gasteiger charge is -2.24. The van der Waals surface area contributed by atoms with Gasteiger partial charge in [0.25, 0.3) is 15.9 Å². The van der Waals surface area contributed by atoms with E-state index in [1.165, 1.54) is 25.5 Å². The number of methoxy groups -OCH3 is 1. The third-order valence-corrected chi connectivity index (χ3v) is 7.47. The highest BCUT2D eigenvalue weighted by atomic mass is 32.2. The van der Waals surface area contributed by atoms with Gasteiger partial charge in [-0.3, -0.25) is 9.10 Å². The first-order valence-corrected chi connectivity index (χ1v) is 13.1. The van der Waals surface area contributed by atoms with E-state index in [2.05, 4.69) is 29.3 Å². The largest absolute Gasteiger partial charge is 0.497 e. The number of carbonyl (C=O) groups is 1. The zero-order chi connectivity index (χ0) is 26.1. The topological polar surface area (TPSA) is 91.3 Å². The number of hydrazone groups is 1. The highest BCUT2D eigenvalue weighted by Crippen LogP contribution is 2.26. The minimum Gasteiger partial charge on any atom is -0.497 e. The van der Waals surface area contributed by atoms with E-state index in [-0.39, 0.29) is 4.90 Å². The van der Waals surface area contributed by atoms with E-state index >= 15 is 0 Å². The molecule has 1 N–H and O–H groups in total. The van der Waals surface area contributed by atoms with Gasteiger partial charge in [-0.2, -0.15) is 5.10 Å². The molecule has 3 rings (SSSR count). The molecule has 0 aliphatic heterocycles. The molecule has 0 saturated heterocycles. The normalized spacial score (nSPS) is 11.3.